The van der Waals surface area contributed by atoms with E-state index < -0.39 is 0 Å². The van der Waals surface area contributed by atoms with E-state index in [0.29, 0.717) is 12.2 Å². The number of rotatable bonds is 4. The number of hydrogen-bond acceptors (Lipinski definition) is 2. The molecule has 2 aromatic carbocycles. The molecule has 5 heteroatoms. The average Bonchev–Trinajstić information content (AvgIpc) is 2.37. The summed E-state index contributed by atoms with van der Waals surface area (Å²) in [5.74, 6) is 0.839. The molecule has 0 aromatic heterocycles. The fourth-order valence-corrected chi connectivity index (χ4v) is 2.01. The molecule has 3 nitrogen and oxygen atoms in total. The predicted molar refractivity (Wildman–Crippen MR) is 83.2 cm³/mol. The van der Waals surface area contributed by atoms with Gasteiger partial charge in [0.1, 0.15) is 18.2 Å². The van der Waals surface area contributed by atoms with Gasteiger partial charge < -0.3 is 10.5 Å². The molecule has 0 saturated heterocycles. The van der Waals surface area contributed by atoms with E-state index >= 15 is 0 Å². The van der Waals surface area contributed by atoms with Crippen LogP contribution in [0.1, 0.15) is 11.1 Å². The standard InChI is InChI=1S/C14H13BrN2O.ClH/c15-11-5-3-6-12(8-11)18-9-10-4-1-2-7-13(10)14(16)17;/h1-8H,9H2,(H3,16,17);1H. The van der Waals surface area contributed by atoms with Gasteiger partial charge >= 0.3 is 0 Å². The van der Waals surface area contributed by atoms with Crippen LogP contribution in [0.15, 0.2) is 53.0 Å². The Balaban J connectivity index is 0.00000180. The molecular formula is C14H14BrClN2O. The summed E-state index contributed by atoms with van der Waals surface area (Å²) < 4.78 is 6.65. The summed E-state index contributed by atoms with van der Waals surface area (Å²) in [4.78, 5) is 0. The van der Waals surface area contributed by atoms with E-state index in [9.17, 15) is 0 Å². The average molecular weight is 342 g/mol. The van der Waals surface area contributed by atoms with Crippen LogP contribution >= 0.6 is 28.3 Å². The van der Waals surface area contributed by atoms with Crippen LogP contribution < -0.4 is 10.5 Å². The summed E-state index contributed by atoms with van der Waals surface area (Å²) in [6, 6.07) is 15.1. The van der Waals surface area contributed by atoms with Crippen LogP contribution in [0, 0.1) is 5.41 Å². The molecule has 100 valence electrons. The van der Waals surface area contributed by atoms with Crippen molar-refractivity contribution in [2.24, 2.45) is 5.73 Å². The molecule has 0 unspecified atom stereocenters. The molecule has 0 amide bonds. The highest BCUT2D eigenvalue weighted by atomic mass is 79.9. The first-order chi connectivity index (χ1) is 8.66. The molecule has 0 spiro atoms. The summed E-state index contributed by atoms with van der Waals surface area (Å²) in [5.41, 5.74) is 7.15. The normalized spacial score (nSPS) is 9.53. The number of benzene rings is 2. The molecular weight excluding hydrogens is 328 g/mol. The van der Waals surface area contributed by atoms with Crippen molar-refractivity contribution in [1.29, 1.82) is 5.41 Å². The highest BCUT2D eigenvalue weighted by Gasteiger charge is 2.05. The molecule has 0 aliphatic rings. The SMILES string of the molecule is Cl.N=C(N)c1ccccc1COc1cccc(Br)c1. The van der Waals surface area contributed by atoms with Crippen molar-refractivity contribution in [3.63, 3.8) is 0 Å². The second-order valence-electron chi connectivity index (χ2n) is 3.82. The molecule has 0 fully saturated rings. The summed E-state index contributed by atoms with van der Waals surface area (Å²) in [6.45, 7) is 0.395. The zero-order chi connectivity index (χ0) is 13.0. The minimum Gasteiger partial charge on any atom is -0.489 e. The van der Waals surface area contributed by atoms with E-state index in [1.807, 2.05) is 48.5 Å². The van der Waals surface area contributed by atoms with E-state index in [2.05, 4.69) is 15.9 Å². The second-order valence-corrected chi connectivity index (χ2v) is 4.73. The summed E-state index contributed by atoms with van der Waals surface area (Å²) in [5, 5.41) is 7.51. The third-order valence-electron chi connectivity index (χ3n) is 2.50. The molecule has 0 bridgehead atoms. The first-order valence-electron chi connectivity index (χ1n) is 5.47. The maximum Gasteiger partial charge on any atom is 0.123 e. The zero-order valence-electron chi connectivity index (χ0n) is 10.1. The predicted octanol–water partition coefficient (Wildman–Crippen LogP) is 3.73. The lowest BCUT2D eigenvalue weighted by Crippen LogP contribution is -2.14. The summed E-state index contributed by atoms with van der Waals surface area (Å²) in [6.07, 6.45) is 0. The number of ether oxygens (including phenoxy) is 1. The van der Waals surface area contributed by atoms with Crippen LogP contribution in [0.2, 0.25) is 0 Å². The molecule has 0 radical (unpaired) electrons. The molecule has 3 N–H and O–H groups in total. The molecule has 0 saturated carbocycles. The van der Waals surface area contributed by atoms with Crippen molar-refractivity contribution >= 4 is 34.2 Å². The Kier molecular flexibility index (Phi) is 5.86. The van der Waals surface area contributed by atoms with E-state index in [-0.39, 0.29) is 18.2 Å². The zero-order valence-corrected chi connectivity index (χ0v) is 12.5. The van der Waals surface area contributed by atoms with Crippen molar-refractivity contribution < 1.29 is 4.74 Å². The van der Waals surface area contributed by atoms with Crippen LogP contribution in [0.5, 0.6) is 5.75 Å². The van der Waals surface area contributed by atoms with Crippen molar-refractivity contribution in [3.05, 3.63) is 64.1 Å². The minimum absolute atomic E-state index is 0. The Bertz CT molecular complexity index is 575. The van der Waals surface area contributed by atoms with Gasteiger partial charge in [-0.05, 0) is 18.2 Å². The number of halogens is 2. The fourth-order valence-electron chi connectivity index (χ4n) is 1.63. The monoisotopic (exact) mass is 340 g/mol. The molecule has 0 atom stereocenters. The van der Waals surface area contributed by atoms with Crippen LogP contribution in [-0.2, 0) is 6.61 Å². The second kappa shape index (κ2) is 7.16. The Morgan fingerprint density at radius 2 is 1.89 bits per heavy atom. The van der Waals surface area contributed by atoms with Gasteiger partial charge in [0.15, 0.2) is 0 Å². The first-order valence-corrected chi connectivity index (χ1v) is 6.27. The van der Waals surface area contributed by atoms with E-state index in [0.717, 1.165) is 15.8 Å². The Hall–Kier alpha value is -1.52. The fraction of sp³-hybridized carbons (Fsp3) is 0.0714. The topological polar surface area (TPSA) is 59.1 Å². The van der Waals surface area contributed by atoms with Crippen LogP contribution in [0.3, 0.4) is 0 Å². The Morgan fingerprint density at radius 1 is 1.16 bits per heavy atom. The third-order valence-corrected chi connectivity index (χ3v) is 2.99. The molecule has 19 heavy (non-hydrogen) atoms. The lowest BCUT2D eigenvalue weighted by Gasteiger charge is -2.10. The summed E-state index contributed by atoms with van der Waals surface area (Å²) in [7, 11) is 0. The van der Waals surface area contributed by atoms with Crippen LogP contribution in [0.25, 0.3) is 0 Å². The van der Waals surface area contributed by atoms with Gasteiger partial charge in [-0.2, -0.15) is 0 Å². The summed E-state index contributed by atoms with van der Waals surface area (Å²) >= 11 is 3.39. The molecule has 0 aliphatic carbocycles. The lowest BCUT2D eigenvalue weighted by molar-refractivity contribution is 0.306. The molecule has 2 aromatic rings. The van der Waals surface area contributed by atoms with E-state index in [1.54, 1.807) is 0 Å². The van der Waals surface area contributed by atoms with Gasteiger partial charge in [0.25, 0.3) is 0 Å². The van der Waals surface area contributed by atoms with E-state index in [1.165, 1.54) is 0 Å². The van der Waals surface area contributed by atoms with Crippen molar-refractivity contribution in [1.82, 2.24) is 0 Å². The van der Waals surface area contributed by atoms with Crippen molar-refractivity contribution in [3.8, 4) is 5.75 Å². The highest BCUT2D eigenvalue weighted by Crippen LogP contribution is 2.19. The number of nitrogens with one attached hydrogen (secondary N) is 1. The number of nitrogens with two attached hydrogens (primary N) is 1. The van der Waals surface area contributed by atoms with Gasteiger partial charge in [-0.25, -0.2) is 0 Å². The van der Waals surface area contributed by atoms with Crippen molar-refractivity contribution in [2.45, 2.75) is 6.61 Å². The minimum atomic E-state index is 0. The lowest BCUT2D eigenvalue weighted by atomic mass is 10.1. The number of amidine groups is 1. The van der Waals surface area contributed by atoms with Crippen molar-refractivity contribution in [2.75, 3.05) is 0 Å². The highest BCUT2D eigenvalue weighted by molar-refractivity contribution is 9.10. The largest absolute Gasteiger partial charge is 0.489 e. The van der Waals surface area contributed by atoms with Gasteiger partial charge in [0, 0.05) is 15.6 Å². The molecule has 2 rings (SSSR count). The smallest absolute Gasteiger partial charge is 0.123 e. The van der Waals surface area contributed by atoms with E-state index in [4.69, 9.17) is 15.9 Å². The third kappa shape index (κ3) is 4.26. The Morgan fingerprint density at radius 3 is 2.58 bits per heavy atom. The number of nitrogen functional groups attached to an aromatic ring is 1. The number of hydrogen-bond donors (Lipinski definition) is 2. The van der Waals surface area contributed by atoms with Gasteiger partial charge in [-0.1, -0.05) is 46.3 Å². The van der Waals surface area contributed by atoms with Crippen LogP contribution in [0.4, 0.5) is 0 Å². The van der Waals surface area contributed by atoms with Gasteiger partial charge in [0.2, 0.25) is 0 Å². The molecule has 0 heterocycles. The maximum atomic E-state index is 7.51. The van der Waals surface area contributed by atoms with Gasteiger partial charge in [0.05, 0.1) is 0 Å². The van der Waals surface area contributed by atoms with Gasteiger partial charge in [-0.3, -0.25) is 5.41 Å². The van der Waals surface area contributed by atoms with Gasteiger partial charge in [-0.15, -0.1) is 12.4 Å². The maximum absolute atomic E-state index is 7.51. The quantitative estimate of drug-likeness (QED) is 0.657. The van der Waals surface area contributed by atoms with Crippen LogP contribution in [-0.4, -0.2) is 5.84 Å². The molecule has 0 aliphatic heterocycles. The Labute approximate surface area is 126 Å². The first kappa shape index (κ1) is 15.5.